The molecule has 1 aliphatic carbocycles. The largest absolute Gasteiger partial charge is 0.317 e. The van der Waals surface area contributed by atoms with E-state index in [9.17, 15) is 0 Å². The Morgan fingerprint density at radius 2 is 1.87 bits per heavy atom. The number of rotatable bonds is 2. The molecular weight excluding hydrogens is 286 g/mol. The molecule has 3 heterocycles. The van der Waals surface area contributed by atoms with E-state index in [1.807, 2.05) is 0 Å². The molecule has 0 bridgehead atoms. The molecule has 5 rings (SSSR count). The first-order chi connectivity index (χ1) is 11.3. The van der Waals surface area contributed by atoms with Crippen molar-refractivity contribution in [2.24, 2.45) is 5.41 Å². The summed E-state index contributed by atoms with van der Waals surface area (Å²) in [7, 11) is 0. The van der Waals surface area contributed by atoms with E-state index < -0.39 is 0 Å². The Bertz CT molecular complexity index is 694. The first-order valence-corrected chi connectivity index (χ1v) is 8.77. The lowest BCUT2D eigenvalue weighted by Crippen LogP contribution is -2.60. The lowest BCUT2D eigenvalue weighted by atomic mass is 9.71. The molecule has 1 spiro atoms. The third kappa shape index (κ3) is 2.22. The standard InChI is InChI=1S/C18H23N5/c1-4-17(22-12-18(13-22)5-7-19-8-6-18)16-3-2-15(11-14(1)16)23-20-9-10-21-23/h2-3,9-11,17,19H,1,4-8,12-13H2. The molecule has 23 heavy (non-hydrogen) atoms. The van der Waals surface area contributed by atoms with E-state index in [1.54, 1.807) is 17.2 Å². The van der Waals surface area contributed by atoms with Gasteiger partial charge in [-0.25, -0.2) is 0 Å². The molecule has 1 N–H and O–H groups in total. The van der Waals surface area contributed by atoms with Gasteiger partial charge in [-0.1, -0.05) is 6.07 Å². The summed E-state index contributed by atoms with van der Waals surface area (Å²) >= 11 is 0. The second kappa shape index (κ2) is 5.14. The number of aromatic nitrogens is 3. The van der Waals surface area contributed by atoms with Crippen molar-refractivity contribution < 1.29 is 0 Å². The molecule has 3 aliphatic rings. The molecule has 0 radical (unpaired) electrons. The zero-order chi connectivity index (χ0) is 15.3. The Hall–Kier alpha value is -1.72. The molecule has 2 aliphatic heterocycles. The van der Waals surface area contributed by atoms with Crippen molar-refractivity contribution in [3.63, 3.8) is 0 Å². The molecule has 2 aromatic rings. The topological polar surface area (TPSA) is 46.0 Å². The van der Waals surface area contributed by atoms with Crippen molar-refractivity contribution in [1.29, 1.82) is 0 Å². The molecule has 1 unspecified atom stereocenters. The highest BCUT2D eigenvalue weighted by molar-refractivity contribution is 5.43. The highest BCUT2D eigenvalue weighted by atomic mass is 15.5. The lowest BCUT2D eigenvalue weighted by molar-refractivity contribution is -0.0512. The van der Waals surface area contributed by atoms with Gasteiger partial charge in [0.2, 0.25) is 0 Å². The summed E-state index contributed by atoms with van der Waals surface area (Å²) in [4.78, 5) is 4.42. The number of benzene rings is 1. The van der Waals surface area contributed by atoms with Crippen LogP contribution < -0.4 is 5.32 Å². The van der Waals surface area contributed by atoms with E-state index >= 15 is 0 Å². The van der Waals surface area contributed by atoms with Crippen LogP contribution in [0.15, 0.2) is 30.6 Å². The van der Waals surface area contributed by atoms with Gasteiger partial charge in [-0.2, -0.15) is 15.0 Å². The van der Waals surface area contributed by atoms with Gasteiger partial charge in [-0.3, -0.25) is 4.90 Å². The van der Waals surface area contributed by atoms with Crippen LogP contribution in [0.2, 0.25) is 0 Å². The maximum Gasteiger partial charge on any atom is 0.0859 e. The predicted octanol–water partition coefficient (Wildman–Crippen LogP) is 1.94. The number of fused-ring (bicyclic) bond motifs is 1. The molecule has 5 heteroatoms. The Balaban J connectivity index is 1.34. The van der Waals surface area contributed by atoms with Crippen LogP contribution in [0.3, 0.4) is 0 Å². The van der Waals surface area contributed by atoms with Crippen LogP contribution in [-0.4, -0.2) is 46.1 Å². The first-order valence-electron chi connectivity index (χ1n) is 8.77. The number of likely N-dealkylation sites (tertiary alicyclic amines) is 1. The lowest BCUT2D eigenvalue weighted by Gasteiger charge is -2.55. The van der Waals surface area contributed by atoms with E-state index in [-0.39, 0.29) is 0 Å². The van der Waals surface area contributed by atoms with Crippen LogP contribution in [0.25, 0.3) is 5.69 Å². The fourth-order valence-electron chi connectivity index (χ4n) is 4.74. The fraction of sp³-hybridized carbons (Fsp3) is 0.556. The zero-order valence-electron chi connectivity index (χ0n) is 13.4. The van der Waals surface area contributed by atoms with Crippen LogP contribution in [0.5, 0.6) is 0 Å². The van der Waals surface area contributed by atoms with Gasteiger partial charge in [0, 0.05) is 19.1 Å². The van der Waals surface area contributed by atoms with E-state index in [1.165, 1.54) is 63.0 Å². The second-order valence-electron chi connectivity index (χ2n) is 7.41. The first kappa shape index (κ1) is 13.7. The number of nitrogens with one attached hydrogen (secondary N) is 1. The average molecular weight is 309 g/mol. The molecule has 1 aromatic heterocycles. The van der Waals surface area contributed by atoms with Crippen molar-refractivity contribution in [2.75, 3.05) is 26.2 Å². The Morgan fingerprint density at radius 1 is 1.09 bits per heavy atom. The predicted molar refractivity (Wildman–Crippen MR) is 88.5 cm³/mol. The third-order valence-electron chi connectivity index (χ3n) is 6.00. The molecule has 2 fully saturated rings. The summed E-state index contributed by atoms with van der Waals surface area (Å²) in [5.41, 5.74) is 4.71. The molecule has 0 saturated carbocycles. The van der Waals surface area contributed by atoms with E-state index in [0.717, 1.165) is 5.69 Å². The van der Waals surface area contributed by atoms with Crippen LogP contribution in [0.4, 0.5) is 0 Å². The summed E-state index contributed by atoms with van der Waals surface area (Å²) in [6.45, 7) is 4.99. The van der Waals surface area contributed by atoms with E-state index in [0.29, 0.717) is 11.5 Å². The number of hydrogen-bond donors (Lipinski definition) is 1. The molecule has 1 atom stereocenters. The van der Waals surface area contributed by atoms with Crippen LogP contribution in [-0.2, 0) is 6.42 Å². The minimum atomic E-state index is 0.618. The summed E-state index contributed by atoms with van der Waals surface area (Å²) < 4.78 is 0. The fourth-order valence-corrected chi connectivity index (χ4v) is 4.74. The minimum Gasteiger partial charge on any atom is -0.317 e. The van der Waals surface area contributed by atoms with E-state index in [4.69, 9.17) is 0 Å². The van der Waals surface area contributed by atoms with Gasteiger partial charge in [0.25, 0.3) is 0 Å². The highest BCUT2D eigenvalue weighted by Crippen LogP contribution is 2.46. The van der Waals surface area contributed by atoms with Crippen molar-refractivity contribution in [3.8, 4) is 5.69 Å². The number of piperidine rings is 1. The molecule has 2 saturated heterocycles. The van der Waals surface area contributed by atoms with Gasteiger partial charge in [-0.15, -0.1) is 0 Å². The SMILES string of the molecule is c1cnn(-c2ccc3c(c2)CCC3N2CC3(CCNCC3)C2)n1. The van der Waals surface area contributed by atoms with Crippen molar-refractivity contribution in [2.45, 2.75) is 31.7 Å². The smallest absolute Gasteiger partial charge is 0.0859 e. The van der Waals surface area contributed by atoms with Gasteiger partial charge in [0.05, 0.1) is 18.1 Å². The Labute approximate surface area is 136 Å². The minimum absolute atomic E-state index is 0.618. The normalized spacial score (nSPS) is 26.2. The number of hydrogen-bond acceptors (Lipinski definition) is 4. The van der Waals surface area contributed by atoms with Gasteiger partial charge < -0.3 is 5.32 Å². The molecule has 1 aromatic carbocycles. The van der Waals surface area contributed by atoms with Crippen molar-refractivity contribution >= 4 is 0 Å². The van der Waals surface area contributed by atoms with Gasteiger partial charge in [-0.05, 0) is 67.4 Å². The van der Waals surface area contributed by atoms with Gasteiger partial charge in [0.1, 0.15) is 0 Å². The monoisotopic (exact) mass is 309 g/mol. The van der Waals surface area contributed by atoms with Crippen LogP contribution >= 0.6 is 0 Å². The molecule has 120 valence electrons. The Morgan fingerprint density at radius 3 is 2.65 bits per heavy atom. The summed E-state index contributed by atoms with van der Waals surface area (Å²) in [5, 5.41) is 12.0. The van der Waals surface area contributed by atoms with Crippen LogP contribution in [0.1, 0.15) is 36.4 Å². The molecule has 5 nitrogen and oxygen atoms in total. The molecular formula is C18H23N5. The highest BCUT2D eigenvalue weighted by Gasteiger charge is 2.46. The van der Waals surface area contributed by atoms with E-state index in [2.05, 4.69) is 38.6 Å². The Kier molecular flexibility index (Phi) is 3.06. The maximum absolute atomic E-state index is 4.24. The third-order valence-corrected chi connectivity index (χ3v) is 6.00. The van der Waals surface area contributed by atoms with Gasteiger partial charge >= 0.3 is 0 Å². The quantitative estimate of drug-likeness (QED) is 0.921. The second-order valence-corrected chi connectivity index (χ2v) is 7.41. The summed E-state index contributed by atoms with van der Waals surface area (Å²) in [5.74, 6) is 0. The van der Waals surface area contributed by atoms with Crippen LogP contribution in [0, 0.1) is 5.41 Å². The average Bonchev–Trinajstić information content (AvgIpc) is 3.22. The zero-order valence-corrected chi connectivity index (χ0v) is 13.4. The van der Waals surface area contributed by atoms with Crippen molar-refractivity contribution in [3.05, 3.63) is 41.7 Å². The summed E-state index contributed by atoms with van der Waals surface area (Å²) in [6.07, 6.45) is 8.61. The summed E-state index contributed by atoms with van der Waals surface area (Å²) in [6, 6.07) is 7.37. The number of aryl methyl sites for hydroxylation is 1. The maximum atomic E-state index is 4.24. The number of nitrogens with zero attached hydrogens (tertiary/aromatic N) is 4. The molecule has 0 amide bonds. The van der Waals surface area contributed by atoms with Gasteiger partial charge in [0.15, 0.2) is 0 Å². The van der Waals surface area contributed by atoms with Crippen molar-refractivity contribution in [1.82, 2.24) is 25.2 Å².